The van der Waals surface area contributed by atoms with E-state index in [1.807, 2.05) is 6.20 Å². The van der Waals surface area contributed by atoms with Crippen molar-refractivity contribution in [1.29, 1.82) is 0 Å². The van der Waals surface area contributed by atoms with Crippen LogP contribution >= 0.6 is 0 Å². The Kier molecular flexibility index (Phi) is 4.66. The number of aromatic nitrogens is 1. The van der Waals surface area contributed by atoms with E-state index in [2.05, 4.69) is 35.9 Å². The summed E-state index contributed by atoms with van der Waals surface area (Å²) in [6, 6.07) is 10.3. The van der Waals surface area contributed by atoms with Gasteiger partial charge in [-0.05, 0) is 66.6 Å². The molecule has 1 saturated heterocycles. The van der Waals surface area contributed by atoms with Crippen molar-refractivity contribution in [2.75, 3.05) is 6.54 Å². The molecule has 0 amide bonds. The molecule has 0 spiro atoms. The molecule has 2 heterocycles. The molecule has 2 aromatic carbocycles. The van der Waals surface area contributed by atoms with Crippen LogP contribution in [0.25, 0.3) is 10.9 Å². The minimum atomic E-state index is -2.71. The average Bonchev–Trinajstić information content (AvgIpc) is 3.41. The second-order valence-corrected chi connectivity index (χ2v) is 9.14. The maximum absolute atomic E-state index is 15.0. The highest BCUT2D eigenvalue weighted by Gasteiger charge is 2.59. The molecule has 5 rings (SSSR count). The van der Waals surface area contributed by atoms with Crippen LogP contribution in [-0.2, 0) is 6.54 Å². The Labute approximate surface area is 179 Å². The third-order valence-electron chi connectivity index (χ3n) is 7.28. The van der Waals surface area contributed by atoms with Crippen LogP contribution in [0.5, 0.6) is 0 Å². The van der Waals surface area contributed by atoms with Crippen molar-refractivity contribution in [3.63, 3.8) is 0 Å². The first-order valence-electron chi connectivity index (χ1n) is 10.8. The molecule has 6 heteroatoms. The van der Waals surface area contributed by atoms with Gasteiger partial charge in [-0.15, -0.1) is 0 Å². The molecule has 1 aromatic heterocycles. The third-order valence-corrected chi connectivity index (χ3v) is 7.28. The van der Waals surface area contributed by atoms with Crippen molar-refractivity contribution in [2.24, 2.45) is 11.8 Å². The molecule has 4 nitrogen and oxygen atoms in total. The zero-order valence-corrected chi connectivity index (χ0v) is 17.7. The van der Waals surface area contributed by atoms with E-state index in [0.717, 1.165) is 27.6 Å². The first kappa shape index (κ1) is 20.2. The van der Waals surface area contributed by atoms with Gasteiger partial charge in [0.15, 0.2) is 0 Å². The molecule has 1 aliphatic heterocycles. The molecule has 2 fully saturated rings. The van der Waals surface area contributed by atoms with Crippen molar-refractivity contribution < 1.29 is 18.7 Å². The zero-order valence-electron chi connectivity index (χ0n) is 17.7. The Morgan fingerprint density at radius 2 is 1.94 bits per heavy atom. The van der Waals surface area contributed by atoms with Gasteiger partial charge in [-0.25, -0.2) is 13.6 Å². The molecule has 3 atom stereocenters. The number of nitrogens with zero attached hydrogens (tertiary/aromatic N) is 1. The van der Waals surface area contributed by atoms with Crippen LogP contribution in [0.3, 0.4) is 0 Å². The summed E-state index contributed by atoms with van der Waals surface area (Å²) in [4.78, 5) is 16.7. The smallest absolute Gasteiger partial charge is 0.335 e. The van der Waals surface area contributed by atoms with Gasteiger partial charge < -0.3 is 10.1 Å². The maximum atomic E-state index is 15.0. The van der Waals surface area contributed by atoms with Crippen molar-refractivity contribution in [1.82, 2.24) is 9.88 Å². The third kappa shape index (κ3) is 3.24. The van der Waals surface area contributed by atoms with Crippen LogP contribution in [-0.4, -0.2) is 33.4 Å². The number of hydrogen-bond acceptors (Lipinski definition) is 2. The standard InChI is InChI=1S/C25H26F2N2O2/c1-14-11-15(2)22-19(8-10-28-22)20(14)13-29-12-18-7-9-25(26,27)21(18)23(29)16-3-5-17(6-4-16)24(30)31/h3-6,8,10-11,18,21,23,28H,7,9,12-13H2,1-2H3,(H,30,31)/t18-,21-,23?/m0/s1. The number of carboxylic acid groups (broad SMARTS) is 1. The van der Waals surface area contributed by atoms with Crippen LogP contribution < -0.4 is 0 Å². The molecule has 0 radical (unpaired) electrons. The van der Waals surface area contributed by atoms with E-state index < -0.39 is 23.9 Å². The van der Waals surface area contributed by atoms with Crippen molar-refractivity contribution in [2.45, 2.75) is 45.2 Å². The Hall–Kier alpha value is -2.73. The number of likely N-dealkylation sites (tertiary alicyclic amines) is 1. The highest BCUT2D eigenvalue weighted by atomic mass is 19.3. The summed E-state index contributed by atoms with van der Waals surface area (Å²) in [6.45, 7) is 5.37. The summed E-state index contributed by atoms with van der Waals surface area (Å²) >= 11 is 0. The fourth-order valence-electron chi connectivity index (χ4n) is 5.86. The van der Waals surface area contributed by atoms with Crippen molar-refractivity contribution in [3.8, 4) is 0 Å². The lowest BCUT2D eigenvalue weighted by Gasteiger charge is -2.32. The molecule has 0 bridgehead atoms. The van der Waals surface area contributed by atoms with Crippen molar-refractivity contribution >= 4 is 16.9 Å². The second kappa shape index (κ2) is 7.16. The van der Waals surface area contributed by atoms with E-state index in [-0.39, 0.29) is 17.9 Å². The summed E-state index contributed by atoms with van der Waals surface area (Å²) in [6.07, 6.45) is 2.39. The second-order valence-electron chi connectivity index (χ2n) is 9.14. The van der Waals surface area contributed by atoms with Crippen LogP contribution in [0.15, 0.2) is 42.6 Å². The number of benzene rings is 2. The maximum Gasteiger partial charge on any atom is 0.335 e. The SMILES string of the molecule is Cc1cc(C)c2[nH]ccc2c1CN1C[C@@H]2CCC(F)(F)[C@@H]2C1c1ccc(C(=O)O)cc1. The van der Waals surface area contributed by atoms with E-state index in [4.69, 9.17) is 0 Å². The number of nitrogens with one attached hydrogen (secondary N) is 1. The van der Waals surface area contributed by atoms with Gasteiger partial charge in [0.1, 0.15) is 0 Å². The number of carboxylic acids is 1. The fraction of sp³-hybridized carbons (Fsp3) is 0.400. The number of halogens is 2. The normalized spacial score (nSPS) is 25.2. The number of alkyl halides is 2. The Morgan fingerprint density at radius 3 is 2.65 bits per heavy atom. The molecule has 3 aromatic rings. The molecule has 1 saturated carbocycles. The van der Waals surface area contributed by atoms with Gasteiger partial charge in [-0.1, -0.05) is 18.2 Å². The lowest BCUT2D eigenvalue weighted by Crippen LogP contribution is -2.33. The number of hydrogen-bond donors (Lipinski definition) is 2. The van der Waals surface area contributed by atoms with Crippen LogP contribution in [0.2, 0.25) is 0 Å². The summed E-state index contributed by atoms with van der Waals surface area (Å²) in [5.74, 6) is -4.51. The number of aromatic amines is 1. The Balaban J connectivity index is 1.56. The van der Waals surface area contributed by atoms with Gasteiger partial charge in [-0.3, -0.25) is 4.90 Å². The van der Waals surface area contributed by atoms with E-state index >= 15 is 0 Å². The van der Waals surface area contributed by atoms with E-state index in [1.54, 1.807) is 12.1 Å². The average molecular weight is 424 g/mol. The molecule has 31 heavy (non-hydrogen) atoms. The van der Waals surface area contributed by atoms with Gasteiger partial charge in [0, 0.05) is 48.6 Å². The number of aryl methyl sites for hydroxylation is 2. The minimum absolute atomic E-state index is 0.0494. The fourth-order valence-corrected chi connectivity index (χ4v) is 5.86. The van der Waals surface area contributed by atoms with Gasteiger partial charge in [0.05, 0.1) is 5.56 Å². The topological polar surface area (TPSA) is 56.3 Å². The summed E-state index contributed by atoms with van der Waals surface area (Å²) in [5.41, 5.74) is 5.53. The van der Waals surface area contributed by atoms with Gasteiger partial charge >= 0.3 is 5.97 Å². The van der Waals surface area contributed by atoms with Gasteiger partial charge in [0.25, 0.3) is 5.92 Å². The van der Waals surface area contributed by atoms with Gasteiger partial charge in [-0.2, -0.15) is 0 Å². The molecule has 1 unspecified atom stereocenters. The largest absolute Gasteiger partial charge is 0.478 e. The number of H-pyrrole nitrogens is 1. The number of aromatic carboxylic acids is 1. The highest BCUT2D eigenvalue weighted by Crippen LogP contribution is 2.57. The first-order valence-corrected chi connectivity index (χ1v) is 10.8. The van der Waals surface area contributed by atoms with E-state index in [0.29, 0.717) is 19.5 Å². The number of fused-ring (bicyclic) bond motifs is 2. The molecule has 2 aliphatic rings. The Morgan fingerprint density at radius 1 is 1.19 bits per heavy atom. The molecular weight excluding hydrogens is 398 g/mol. The quantitative estimate of drug-likeness (QED) is 0.565. The minimum Gasteiger partial charge on any atom is -0.478 e. The van der Waals surface area contributed by atoms with E-state index in [9.17, 15) is 18.7 Å². The first-order chi connectivity index (χ1) is 14.8. The van der Waals surface area contributed by atoms with Crippen LogP contribution in [0.1, 0.15) is 51.5 Å². The van der Waals surface area contributed by atoms with Crippen LogP contribution in [0, 0.1) is 25.7 Å². The Bertz CT molecular complexity index is 1150. The highest BCUT2D eigenvalue weighted by molar-refractivity contribution is 5.88. The zero-order chi connectivity index (χ0) is 21.9. The lowest BCUT2D eigenvalue weighted by molar-refractivity contribution is -0.0576. The van der Waals surface area contributed by atoms with Crippen molar-refractivity contribution in [3.05, 3.63) is 70.4 Å². The predicted molar refractivity (Wildman–Crippen MR) is 115 cm³/mol. The summed E-state index contributed by atoms with van der Waals surface area (Å²) in [7, 11) is 0. The van der Waals surface area contributed by atoms with Gasteiger partial charge in [0.2, 0.25) is 0 Å². The molecule has 1 aliphatic carbocycles. The molecular formula is C25H26F2N2O2. The molecule has 162 valence electrons. The summed E-state index contributed by atoms with van der Waals surface area (Å²) in [5, 5.41) is 10.4. The summed E-state index contributed by atoms with van der Waals surface area (Å²) < 4.78 is 29.9. The predicted octanol–water partition coefficient (Wildman–Crippen LogP) is 5.70. The van der Waals surface area contributed by atoms with E-state index in [1.165, 1.54) is 17.7 Å². The molecule has 2 N–H and O–H groups in total. The number of carbonyl (C=O) groups is 1. The van der Waals surface area contributed by atoms with Crippen LogP contribution in [0.4, 0.5) is 8.78 Å². The lowest BCUT2D eigenvalue weighted by atomic mass is 9.87. The number of rotatable bonds is 4. The monoisotopic (exact) mass is 424 g/mol.